The zero-order valence-corrected chi connectivity index (χ0v) is 7.56. The highest BCUT2D eigenvalue weighted by molar-refractivity contribution is 5.10. The molecule has 1 atom stereocenters. The van der Waals surface area contributed by atoms with Crippen LogP contribution in [0.2, 0.25) is 0 Å². The summed E-state index contributed by atoms with van der Waals surface area (Å²) in [6.07, 6.45) is 5.03. The number of hydrogen-bond acceptors (Lipinski definition) is 3. The van der Waals surface area contributed by atoms with Crippen molar-refractivity contribution in [2.75, 3.05) is 6.61 Å². The average molecular weight is 181 g/mol. The number of nitrogens with zero attached hydrogens (tertiary/aromatic N) is 1. The van der Waals surface area contributed by atoms with E-state index in [1.165, 1.54) is 0 Å². The summed E-state index contributed by atoms with van der Waals surface area (Å²) in [4.78, 5) is 3.89. The molecule has 0 spiro atoms. The Morgan fingerprint density at radius 2 is 2.00 bits per heavy atom. The van der Waals surface area contributed by atoms with Crippen LogP contribution in [0.3, 0.4) is 0 Å². The second kappa shape index (κ2) is 5.67. The van der Waals surface area contributed by atoms with E-state index in [-0.39, 0.29) is 12.7 Å². The number of pyridine rings is 1. The van der Waals surface area contributed by atoms with Gasteiger partial charge in [-0.3, -0.25) is 4.98 Å². The summed E-state index contributed by atoms with van der Waals surface area (Å²) in [6, 6.07) is 3.78. The Morgan fingerprint density at radius 1 is 1.31 bits per heavy atom. The molecule has 0 amide bonds. The summed E-state index contributed by atoms with van der Waals surface area (Å²) >= 11 is 0. The third kappa shape index (κ3) is 4.01. The van der Waals surface area contributed by atoms with Gasteiger partial charge in [-0.25, -0.2) is 0 Å². The first-order valence-corrected chi connectivity index (χ1v) is 4.50. The van der Waals surface area contributed by atoms with Crippen LogP contribution in [0, 0.1) is 0 Å². The van der Waals surface area contributed by atoms with Gasteiger partial charge in [0, 0.05) is 19.0 Å². The SMILES string of the molecule is OCCCC(O)Cc1ccncc1. The highest BCUT2D eigenvalue weighted by Gasteiger charge is 2.04. The third-order valence-corrected chi connectivity index (χ3v) is 1.92. The minimum atomic E-state index is -0.352. The van der Waals surface area contributed by atoms with Crippen molar-refractivity contribution in [3.05, 3.63) is 30.1 Å². The van der Waals surface area contributed by atoms with Crippen molar-refractivity contribution >= 4 is 0 Å². The zero-order chi connectivity index (χ0) is 9.52. The first kappa shape index (κ1) is 10.2. The number of aliphatic hydroxyl groups excluding tert-OH is 2. The van der Waals surface area contributed by atoms with Crippen LogP contribution < -0.4 is 0 Å². The van der Waals surface area contributed by atoms with E-state index in [2.05, 4.69) is 4.98 Å². The van der Waals surface area contributed by atoms with E-state index in [1.54, 1.807) is 12.4 Å². The Labute approximate surface area is 78.1 Å². The lowest BCUT2D eigenvalue weighted by Gasteiger charge is -2.08. The molecule has 0 aromatic carbocycles. The quantitative estimate of drug-likeness (QED) is 0.705. The molecule has 1 heterocycles. The minimum absolute atomic E-state index is 0.146. The molecule has 0 saturated heterocycles. The average Bonchev–Trinajstić information content (AvgIpc) is 2.16. The standard InChI is InChI=1S/C10H15NO2/c12-7-1-2-10(13)8-9-3-5-11-6-4-9/h3-6,10,12-13H,1-2,7-8H2. The fraction of sp³-hybridized carbons (Fsp3) is 0.500. The largest absolute Gasteiger partial charge is 0.396 e. The number of aliphatic hydroxyl groups is 2. The molecule has 3 heteroatoms. The molecule has 0 saturated carbocycles. The molecule has 0 aliphatic rings. The van der Waals surface area contributed by atoms with Crippen molar-refractivity contribution < 1.29 is 10.2 Å². The summed E-state index contributed by atoms with van der Waals surface area (Å²) in [7, 11) is 0. The summed E-state index contributed by atoms with van der Waals surface area (Å²) < 4.78 is 0. The predicted octanol–water partition coefficient (Wildman–Crippen LogP) is 0.757. The van der Waals surface area contributed by atoms with Crippen molar-refractivity contribution in [2.24, 2.45) is 0 Å². The molecule has 0 fully saturated rings. The van der Waals surface area contributed by atoms with Crippen molar-refractivity contribution in [3.63, 3.8) is 0 Å². The Hall–Kier alpha value is -0.930. The van der Waals surface area contributed by atoms with Crippen LogP contribution in [-0.2, 0) is 6.42 Å². The van der Waals surface area contributed by atoms with Crippen LogP contribution in [0.1, 0.15) is 18.4 Å². The molecule has 0 radical (unpaired) electrons. The first-order valence-electron chi connectivity index (χ1n) is 4.50. The van der Waals surface area contributed by atoms with Crippen LogP contribution in [0.25, 0.3) is 0 Å². The maximum Gasteiger partial charge on any atom is 0.0581 e. The molecule has 72 valence electrons. The van der Waals surface area contributed by atoms with Gasteiger partial charge in [0.2, 0.25) is 0 Å². The monoisotopic (exact) mass is 181 g/mol. The molecule has 1 rings (SSSR count). The molecule has 0 bridgehead atoms. The Morgan fingerprint density at radius 3 is 2.62 bits per heavy atom. The topological polar surface area (TPSA) is 53.4 Å². The Bertz CT molecular complexity index is 226. The fourth-order valence-electron chi connectivity index (χ4n) is 1.22. The van der Waals surface area contributed by atoms with Crippen LogP contribution in [0.15, 0.2) is 24.5 Å². The second-order valence-electron chi connectivity index (χ2n) is 3.08. The minimum Gasteiger partial charge on any atom is -0.396 e. The van der Waals surface area contributed by atoms with E-state index in [0.29, 0.717) is 19.3 Å². The molecular weight excluding hydrogens is 166 g/mol. The molecule has 0 aliphatic heterocycles. The van der Waals surface area contributed by atoms with E-state index in [4.69, 9.17) is 5.11 Å². The maximum atomic E-state index is 9.50. The lowest BCUT2D eigenvalue weighted by molar-refractivity contribution is 0.150. The van der Waals surface area contributed by atoms with Gasteiger partial charge in [0.05, 0.1) is 6.10 Å². The van der Waals surface area contributed by atoms with Crippen LogP contribution >= 0.6 is 0 Å². The van der Waals surface area contributed by atoms with Gasteiger partial charge in [0.25, 0.3) is 0 Å². The van der Waals surface area contributed by atoms with Crippen LogP contribution in [0.5, 0.6) is 0 Å². The molecule has 0 aliphatic carbocycles. The molecule has 1 aromatic heterocycles. The van der Waals surface area contributed by atoms with E-state index in [0.717, 1.165) is 5.56 Å². The summed E-state index contributed by atoms with van der Waals surface area (Å²) in [5.74, 6) is 0. The van der Waals surface area contributed by atoms with E-state index >= 15 is 0 Å². The van der Waals surface area contributed by atoms with E-state index < -0.39 is 0 Å². The Kier molecular flexibility index (Phi) is 4.43. The van der Waals surface area contributed by atoms with Crippen molar-refractivity contribution in [3.8, 4) is 0 Å². The smallest absolute Gasteiger partial charge is 0.0581 e. The van der Waals surface area contributed by atoms with E-state index in [1.807, 2.05) is 12.1 Å². The highest BCUT2D eigenvalue weighted by atomic mass is 16.3. The van der Waals surface area contributed by atoms with Gasteiger partial charge in [0.15, 0.2) is 0 Å². The Balaban J connectivity index is 2.32. The highest BCUT2D eigenvalue weighted by Crippen LogP contribution is 2.05. The zero-order valence-electron chi connectivity index (χ0n) is 7.56. The molecule has 1 unspecified atom stereocenters. The molecular formula is C10H15NO2. The number of hydrogen-bond donors (Lipinski definition) is 2. The number of aromatic nitrogens is 1. The van der Waals surface area contributed by atoms with Crippen LogP contribution in [-0.4, -0.2) is 27.9 Å². The predicted molar refractivity (Wildman–Crippen MR) is 50.3 cm³/mol. The molecule has 3 nitrogen and oxygen atoms in total. The fourth-order valence-corrected chi connectivity index (χ4v) is 1.22. The third-order valence-electron chi connectivity index (χ3n) is 1.92. The van der Waals surface area contributed by atoms with Gasteiger partial charge in [-0.05, 0) is 37.0 Å². The summed E-state index contributed by atoms with van der Waals surface area (Å²) in [6.45, 7) is 0.146. The number of rotatable bonds is 5. The lowest BCUT2D eigenvalue weighted by Crippen LogP contribution is -2.10. The van der Waals surface area contributed by atoms with Crippen molar-refractivity contribution in [1.82, 2.24) is 4.98 Å². The summed E-state index contributed by atoms with van der Waals surface area (Å²) in [5.41, 5.74) is 1.08. The van der Waals surface area contributed by atoms with Crippen molar-refractivity contribution in [2.45, 2.75) is 25.4 Å². The summed E-state index contributed by atoms with van der Waals surface area (Å²) in [5, 5.41) is 18.1. The van der Waals surface area contributed by atoms with Gasteiger partial charge in [-0.15, -0.1) is 0 Å². The molecule has 1 aromatic rings. The van der Waals surface area contributed by atoms with Gasteiger partial charge < -0.3 is 10.2 Å². The van der Waals surface area contributed by atoms with E-state index in [9.17, 15) is 5.11 Å². The van der Waals surface area contributed by atoms with Gasteiger partial charge in [0.1, 0.15) is 0 Å². The lowest BCUT2D eigenvalue weighted by atomic mass is 10.1. The normalized spacial score (nSPS) is 12.8. The van der Waals surface area contributed by atoms with Gasteiger partial charge >= 0.3 is 0 Å². The van der Waals surface area contributed by atoms with Gasteiger partial charge in [-0.2, -0.15) is 0 Å². The second-order valence-corrected chi connectivity index (χ2v) is 3.08. The van der Waals surface area contributed by atoms with Crippen LogP contribution in [0.4, 0.5) is 0 Å². The first-order chi connectivity index (χ1) is 6.33. The maximum absolute atomic E-state index is 9.50. The molecule has 2 N–H and O–H groups in total. The van der Waals surface area contributed by atoms with Crippen molar-refractivity contribution in [1.29, 1.82) is 0 Å². The molecule has 13 heavy (non-hydrogen) atoms. The van der Waals surface area contributed by atoms with Gasteiger partial charge in [-0.1, -0.05) is 0 Å².